The highest BCUT2D eigenvalue weighted by Gasteiger charge is 2.10. The van der Waals surface area contributed by atoms with Crippen molar-refractivity contribution < 1.29 is 4.74 Å². The van der Waals surface area contributed by atoms with Crippen LogP contribution in [0.5, 0.6) is 6.01 Å². The lowest BCUT2D eigenvalue weighted by atomic mass is 10.3. The van der Waals surface area contributed by atoms with Crippen molar-refractivity contribution >= 4 is 52.4 Å². The standard InChI is InChI=1S/C10H9Cl3N6O/c1-20-10-17-8(16-9(18-10)19-14)15-7-3-5(12)4(11)2-6(7)13/h2-3H,14H2,1H3,(H2,15,16,17,18,19). The van der Waals surface area contributed by atoms with Crippen molar-refractivity contribution in [3.63, 3.8) is 0 Å². The maximum absolute atomic E-state index is 6.05. The Bertz CT molecular complexity index is 616. The molecule has 1 heterocycles. The van der Waals surface area contributed by atoms with Gasteiger partial charge in [0.1, 0.15) is 0 Å². The average Bonchev–Trinajstić information content (AvgIpc) is 2.44. The molecular weight excluding hydrogens is 327 g/mol. The maximum atomic E-state index is 6.05. The van der Waals surface area contributed by atoms with Crippen LogP contribution >= 0.6 is 34.8 Å². The molecule has 1 aromatic heterocycles. The number of hydrogen-bond donors (Lipinski definition) is 3. The fourth-order valence-corrected chi connectivity index (χ4v) is 1.90. The van der Waals surface area contributed by atoms with Gasteiger partial charge in [-0.3, -0.25) is 5.43 Å². The molecule has 0 bridgehead atoms. The molecule has 0 saturated heterocycles. The van der Waals surface area contributed by atoms with Crippen LogP contribution < -0.4 is 21.3 Å². The summed E-state index contributed by atoms with van der Waals surface area (Å²) >= 11 is 17.8. The van der Waals surface area contributed by atoms with Gasteiger partial charge in [-0.25, -0.2) is 5.84 Å². The predicted molar refractivity (Wildman–Crippen MR) is 78.9 cm³/mol. The number of rotatable bonds is 4. The molecule has 7 nitrogen and oxygen atoms in total. The number of benzene rings is 1. The molecule has 106 valence electrons. The van der Waals surface area contributed by atoms with Crippen LogP contribution in [0, 0.1) is 0 Å². The van der Waals surface area contributed by atoms with Gasteiger partial charge >= 0.3 is 6.01 Å². The molecule has 0 spiro atoms. The molecule has 10 heteroatoms. The SMILES string of the molecule is COc1nc(NN)nc(Nc2cc(Cl)c(Cl)cc2Cl)n1. The van der Waals surface area contributed by atoms with Crippen molar-refractivity contribution in [3.8, 4) is 6.01 Å². The van der Waals surface area contributed by atoms with Crippen molar-refractivity contribution in [3.05, 3.63) is 27.2 Å². The number of methoxy groups -OCH3 is 1. The number of ether oxygens (including phenoxy) is 1. The predicted octanol–water partition coefficient (Wildman–Crippen LogP) is 2.87. The second kappa shape index (κ2) is 6.27. The second-order valence-corrected chi connectivity index (χ2v) is 4.71. The monoisotopic (exact) mass is 334 g/mol. The fourth-order valence-electron chi connectivity index (χ4n) is 1.31. The zero-order valence-electron chi connectivity index (χ0n) is 10.1. The first-order valence-electron chi connectivity index (χ1n) is 5.21. The summed E-state index contributed by atoms with van der Waals surface area (Å²) in [7, 11) is 1.42. The van der Waals surface area contributed by atoms with E-state index in [1.165, 1.54) is 13.2 Å². The number of nitrogen functional groups attached to an aromatic ring is 1. The Hall–Kier alpha value is -1.54. The number of nitrogens with zero attached hydrogens (tertiary/aromatic N) is 3. The van der Waals surface area contributed by atoms with Crippen LogP contribution in [0.3, 0.4) is 0 Å². The molecule has 0 fully saturated rings. The summed E-state index contributed by atoms with van der Waals surface area (Å²) in [5.41, 5.74) is 2.78. The van der Waals surface area contributed by atoms with E-state index >= 15 is 0 Å². The largest absolute Gasteiger partial charge is 0.467 e. The second-order valence-electron chi connectivity index (χ2n) is 3.48. The first kappa shape index (κ1) is 14.9. The summed E-state index contributed by atoms with van der Waals surface area (Å²) in [6.45, 7) is 0. The zero-order valence-corrected chi connectivity index (χ0v) is 12.4. The van der Waals surface area contributed by atoms with Crippen LogP contribution in [-0.2, 0) is 0 Å². The molecule has 0 atom stereocenters. The van der Waals surface area contributed by atoms with E-state index in [0.29, 0.717) is 20.8 Å². The quantitative estimate of drug-likeness (QED) is 0.449. The van der Waals surface area contributed by atoms with Crippen molar-refractivity contribution in [1.82, 2.24) is 15.0 Å². The third kappa shape index (κ3) is 3.31. The van der Waals surface area contributed by atoms with Gasteiger partial charge in [0.2, 0.25) is 11.9 Å². The molecular formula is C10H9Cl3N6O. The van der Waals surface area contributed by atoms with Gasteiger partial charge in [-0.1, -0.05) is 34.8 Å². The molecule has 0 aliphatic rings. The lowest BCUT2D eigenvalue weighted by Crippen LogP contribution is -2.13. The van der Waals surface area contributed by atoms with Crippen LogP contribution in [0.4, 0.5) is 17.6 Å². The number of hydrazine groups is 1. The van der Waals surface area contributed by atoms with Crippen LogP contribution in [0.25, 0.3) is 0 Å². The molecule has 4 N–H and O–H groups in total. The van der Waals surface area contributed by atoms with Gasteiger partial charge in [0.15, 0.2) is 0 Å². The van der Waals surface area contributed by atoms with E-state index in [1.54, 1.807) is 6.07 Å². The van der Waals surface area contributed by atoms with Crippen LogP contribution in [-0.4, -0.2) is 22.1 Å². The molecule has 20 heavy (non-hydrogen) atoms. The normalized spacial score (nSPS) is 10.2. The third-order valence-electron chi connectivity index (χ3n) is 2.18. The Labute approximate surface area is 129 Å². The Balaban J connectivity index is 2.36. The number of aromatic nitrogens is 3. The third-order valence-corrected chi connectivity index (χ3v) is 3.22. The van der Waals surface area contributed by atoms with Crippen molar-refractivity contribution in [2.75, 3.05) is 17.9 Å². The lowest BCUT2D eigenvalue weighted by molar-refractivity contribution is 0.379. The number of nitrogens with one attached hydrogen (secondary N) is 2. The Kier molecular flexibility index (Phi) is 4.66. The van der Waals surface area contributed by atoms with Gasteiger partial charge in [0, 0.05) is 0 Å². The highest BCUT2D eigenvalue weighted by atomic mass is 35.5. The number of anilines is 3. The molecule has 0 saturated carbocycles. The van der Waals surface area contributed by atoms with E-state index in [9.17, 15) is 0 Å². The first-order chi connectivity index (χ1) is 9.53. The minimum absolute atomic E-state index is 0.0895. The van der Waals surface area contributed by atoms with Crippen molar-refractivity contribution in [1.29, 1.82) is 0 Å². The molecule has 0 unspecified atom stereocenters. The number of halogens is 3. The van der Waals surface area contributed by atoms with Crippen molar-refractivity contribution in [2.45, 2.75) is 0 Å². The molecule has 2 rings (SSSR count). The van der Waals surface area contributed by atoms with Crippen LogP contribution in [0.1, 0.15) is 0 Å². The summed E-state index contributed by atoms with van der Waals surface area (Å²) in [6.07, 6.45) is 0. The maximum Gasteiger partial charge on any atom is 0.322 e. The van der Waals surface area contributed by atoms with E-state index in [1.807, 2.05) is 0 Å². The van der Waals surface area contributed by atoms with Gasteiger partial charge in [0.05, 0.1) is 27.9 Å². The molecule has 0 amide bonds. The van der Waals surface area contributed by atoms with Gasteiger partial charge in [-0.15, -0.1) is 0 Å². The smallest absolute Gasteiger partial charge is 0.322 e. The van der Waals surface area contributed by atoms with Gasteiger partial charge in [-0.05, 0) is 12.1 Å². The topological polar surface area (TPSA) is 98.0 Å². The van der Waals surface area contributed by atoms with Crippen molar-refractivity contribution in [2.24, 2.45) is 5.84 Å². The highest BCUT2D eigenvalue weighted by Crippen LogP contribution is 2.33. The van der Waals surface area contributed by atoms with Gasteiger partial charge in [-0.2, -0.15) is 15.0 Å². The van der Waals surface area contributed by atoms with Gasteiger partial charge in [0.25, 0.3) is 0 Å². The summed E-state index contributed by atoms with van der Waals surface area (Å²) in [5, 5.41) is 3.93. The van der Waals surface area contributed by atoms with Crippen LogP contribution in [0.15, 0.2) is 12.1 Å². The molecule has 0 radical (unpaired) electrons. The Morgan fingerprint density at radius 3 is 2.30 bits per heavy atom. The van der Waals surface area contributed by atoms with Crippen LogP contribution in [0.2, 0.25) is 15.1 Å². The highest BCUT2D eigenvalue weighted by molar-refractivity contribution is 6.44. The molecule has 1 aromatic carbocycles. The average molecular weight is 336 g/mol. The van der Waals surface area contributed by atoms with E-state index in [2.05, 4.69) is 25.7 Å². The number of nitrogens with two attached hydrogens (primary N) is 1. The first-order valence-corrected chi connectivity index (χ1v) is 6.35. The van der Waals surface area contributed by atoms with E-state index < -0.39 is 0 Å². The minimum atomic E-state index is 0.0895. The summed E-state index contributed by atoms with van der Waals surface area (Å²) in [4.78, 5) is 11.9. The van der Waals surface area contributed by atoms with E-state index in [-0.39, 0.29) is 17.9 Å². The summed E-state index contributed by atoms with van der Waals surface area (Å²) in [6, 6.07) is 3.15. The fraction of sp³-hybridized carbons (Fsp3) is 0.100. The number of hydrogen-bond acceptors (Lipinski definition) is 7. The Morgan fingerprint density at radius 2 is 1.65 bits per heavy atom. The Morgan fingerprint density at radius 1 is 1.00 bits per heavy atom. The minimum Gasteiger partial charge on any atom is -0.467 e. The molecule has 2 aromatic rings. The zero-order chi connectivity index (χ0) is 14.7. The molecule has 0 aliphatic carbocycles. The van der Waals surface area contributed by atoms with E-state index in [0.717, 1.165) is 0 Å². The summed E-state index contributed by atoms with van der Waals surface area (Å²) in [5.74, 6) is 5.58. The summed E-state index contributed by atoms with van der Waals surface area (Å²) < 4.78 is 4.93. The van der Waals surface area contributed by atoms with Gasteiger partial charge < -0.3 is 10.1 Å². The van der Waals surface area contributed by atoms with E-state index in [4.69, 9.17) is 45.4 Å². The lowest BCUT2D eigenvalue weighted by Gasteiger charge is -2.10. The molecule has 0 aliphatic heterocycles.